The molecule has 1 heterocycles. The van der Waals surface area contributed by atoms with Crippen LogP contribution < -0.4 is 16.2 Å². The van der Waals surface area contributed by atoms with Crippen molar-refractivity contribution in [2.45, 2.75) is 18.4 Å². The van der Waals surface area contributed by atoms with E-state index >= 15 is 0 Å². The fourth-order valence-corrected chi connectivity index (χ4v) is 3.20. The summed E-state index contributed by atoms with van der Waals surface area (Å²) >= 11 is 13.1. The zero-order valence-electron chi connectivity index (χ0n) is 14.0. The molecule has 2 N–H and O–H groups in total. The van der Waals surface area contributed by atoms with Crippen molar-refractivity contribution in [2.75, 3.05) is 18.1 Å². The zero-order chi connectivity index (χ0) is 19.3. The molecule has 0 spiro atoms. The molecule has 0 unspecified atom stereocenters. The van der Waals surface area contributed by atoms with Crippen molar-refractivity contribution in [3.8, 4) is 0 Å². The molecule has 1 aromatic heterocycles. The summed E-state index contributed by atoms with van der Waals surface area (Å²) < 4.78 is 0.960. The molecule has 2 amide bonds. The minimum atomic E-state index is -0.605. The van der Waals surface area contributed by atoms with E-state index in [0.29, 0.717) is 15.6 Å². The van der Waals surface area contributed by atoms with E-state index in [2.05, 4.69) is 15.7 Å². The molecule has 2 rings (SSSR count). The molecule has 10 heteroatoms. The second-order valence-electron chi connectivity index (χ2n) is 5.21. The van der Waals surface area contributed by atoms with E-state index in [0.717, 1.165) is 22.0 Å². The molecule has 0 aliphatic carbocycles. The predicted octanol–water partition coefficient (Wildman–Crippen LogP) is 2.34. The maximum Gasteiger partial charge on any atom is 0.287 e. The number of rotatable bonds is 6. The average molecular weight is 415 g/mol. The molecule has 2 aromatic rings. The highest BCUT2D eigenvalue weighted by molar-refractivity contribution is 8.00. The van der Waals surface area contributed by atoms with Gasteiger partial charge in [-0.2, -0.15) is 5.10 Å². The second-order valence-corrected chi connectivity index (χ2v) is 7.01. The van der Waals surface area contributed by atoms with Gasteiger partial charge in [0.2, 0.25) is 11.8 Å². The second kappa shape index (κ2) is 9.07. The van der Waals surface area contributed by atoms with Crippen LogP contribution in [-0.4, -0.2) is 34.4 Å². The Kier molecular flexibility index (Phi) is 7.07. The molecule has 138 valence electrons. The summed E-state index contributed by atoms with van der Waals surface area (Å²) in [5.41, 5.74) is 0.674. The van der Waals surface area contributed by atoms with Gasteiger partial charge in [-0.05, 0) is 24.6 Å². The quantitative estimate of drug-likeness (QED) is 0.707. The highest BCUT2D eigenvalue weighted by Crippen LogP contribution is 2.24. The molecule has 0 fully saturated rings. The Hall–Kier alpha value is -2.03. The molecule has 26 heavy (non-hydrogen) atoms. The van der Waals surface area contributed by atoms with Gasteiger partial charge in [-0.3, -0.25) is 14.4 Å². The Morgan fingerprint density at radius 2 is 2.00 bits per heavy atom. The van der Waals surface area contributed by atoms with E-state index in [1.807, 2.05) is 0 Å². The molecule has 0 aliphatic heterocycles. The molecular formula is C16H16Cl2N4O3S. The summed E-state index contributed by atoms with van der Waals surface area (Å²) in [4.78, 5) is 36.1. The van der Waals surface area contributed by atoms with Gasteiger partial charge in [0.25, 0.3) is 5.56 Å². The Labute approximate surface area is 164 Å². The lowest BCUT2D eigenvalue weighted by Crippen LogP contribution is -2.30. The van der Waals surface area contributed by atoms with Crippen LogP contribution in [-0.2, 0) is 16.1 Å². The fourth-order valence-electron chi connectivity index (χ4n) is 1.95. The van der Waals surface area contributed by atoms with Crippen LogP contribution in [0.4, 0.5) is 5.69 Å². The normalized spacial score (nSPS) is 10.5. The van der Waals surface area contributed by atoms with Gasteiger partial charge in [-0.25, -0.2) is 4.68 Å². The number of amides is 2. The molecular weight excluding hydrogens is 399 g/mol. The molecule has 0 bridgehead atoms. The van der Waals surface area contributed by atoms with E-state index in [1.165, 1.54) is 13.2 Å². The van der Waals surface area contributed by atoms with Crippen molar-refractivity contribution in [3.05, 3.63) is 50.4 Å². The van der Waals surface area contributed by atoms with Crippen LogP contribution in [0.1, 0.15) is 5.56 Å². The van der Waals surface area contributed by atoms with Gasteiger partial charge in [-0.15, -0.1) is 11.8 Å². The number of nitrogens with one attached hydrogen (secondary N) is 2. The smallest absolute Gasteiger partial charge is 0.287 e. The van der Waals surface area contributed by atoms with E-state index in [1.54, 1.807) is 25.1 Å². The van der Waals surface area contributed by atoms with Crippen molar-refractivity contribution in [1.29, 1.82) is 0 Å². The number of aromatic nitrogens is 2. The third-order valence-electron chi connectivity index (χ3n) is 3.43. The fraction of sp³-hybridized carbons (Fsp3) is 0.250. The molecule has 7 nitrogen and oxygen atoms in total. The van der Waals surface area contributed by atoms with Crippen LogP contribution in [0, 0.1) is 6.92 Å². The minimum Gasteiger partial charge on any atom is -0.358 e. The Balaban J connectivity index is 2.11. The number of halogens is 2. The molecule has 0 saturated heterocycles. The van der Waals surface area contributed by atoms with Crippen molar-refractivity contribution in [1.82, 2.24) is 15.1 Å². The monoisotopic (exact) mass is 414 g/mol. The van der Waals surface area contributed by atoms with Gasteiger partial charge in [0.05, 0.1) is 16.8 Å². The zero-order valence-corrected chi connectivity index (χ0v) is 16.3. The molecule has 0 radical (unpaired) electrons. The lowest BCUT2D eigenvalue weighted by molar-refractivity contribution is -0.118. The van der Waals surface area contributed by atoms with Gasteiger partial charge in [0.1, 0.15) is 11.6 Å². The first-order valence-electron chi connectivity index (χ1n) is 7.47. The van der Waals surface area contributed by atoms with Crippen LogP contribution in [0.25, 0.3) is 0 Å². The highest BCUT2D eigenvalue weighted by atomic mass is 35.5. The van der Waals surface area contributed by atoms with Crippen LogP contribution >= 0.6 is 35.0 Å². The maximum atomic E-state index is 12.3. The Morgan fingerprint density at radius 3 is 2.69 bits per heavy atom. The van der Waals surface area contributed by atoms with Crippen molar-refractivity contribution >= 4 is 52.5 Å². The average Bonchev–Trinajstić information content (AvgIpc) is 2.62. The lowest BCUT2D eigenvalue weighted by Gasteiger charge is -2.11. The number of carbonyl (C=O) groups is 2. The van der Waals surface area contributed by atoms with Crippen LogP contribution in [0.3, 0.4) is 0 Å². The predicted molar refractivity (Wildman–Crippen MR) is 103 cm³/mol. The summed E-state index contributed by atoms with van der Waals surface area (Å²) in [5.74, 6) is -0.533. The van der Waals surface area contributed by atoms with Gasteiger partial charge < -0.3 is 10.6 Å². The third kappa shape index (κ3) is 5.00. The molecule has 1 aromatic carbocycles. The molecule has 0 aliphatic rings. The van der Waals surface area contributed by atoms with Gasteiger partial charge in [0.15, 0.2) is 0 Å². The molecule has 0 atom stereocenters. The Morgan fingerprint density at radius 1 is 1.27 bits per heavy atom. The minimum absolute atomic E-state index is 0.0827. The number of anilines is 1. The third-order valence-corrected chi connectivity index (χ3v) is 5.34. The standard InChI is InChI=1S/C16H16Cl2N4O3S/c1-9-10(17)4-3-5-11(9)21-13(23)7-22-16(25)15(18)12(6-20-22)26-8-14(24)19-2/h3-6H,7-8H2,1-2H3,(H,19,24)(H,21,23). The van der Waals surface area contributed by atoms with Gasteiger partial charge >= 0.3 is 0 Å². The van der Waals surface area contributed by atoms with Gasteiger partial charge in [0, 0.05) is 17.8 Å². The van der Waals surface area contributed by atoms with Crippen molar-refractivity contribution in [3.63, 3.8) is 0 Å². The summed E-state index contributed by atoms with van der Waals surface area (Å²) in [6, 6.07) is 5.14. The summed E-state index contributed by atoms with van der Waals surface area (Å²) in [7, 11) is 1.51. The lowest BCUT2D eigenvalue weighted by atomic mass is 10.2. The van der Waals surface area contributed by atoms with Crippen molar-refractivity contribution < 1.29 is 9.59 Å². The first-order chi connectivity index (χ1) is 12.3. The number of nitrogens with zero attached hydrogens (tertiary/aromatic N) is 2. The summed E-state index contributed by atoms with van der Waals surface area (Å²) in [5, 5.41) is 9.54. The van der Waals surface area contributed by atoms with Crippen molar-refractivity contribution in [2.24, 2.45) is 0 Å². The number of benzene rings is 1. The topological polar surface area (TPSA) is 93.1 Å². The van der Waals surface area contributed by atoms with E-state index in [-0.39, 0.29) is 23.2 Å². The number of carbonyl (C=O) groups excluding carboxylic acids is 2. The largest absolute Gasteiger partial charge is 0.358 e. The summed E-state index contributed by atoms with van der Waals surface area (Å²) in [6.07, 6.45) is 1.36. The van der Waals surface area contributed by atoms with Crippen LogP contribution in [0.5, 0.6) is 0 Å². The van der Waals surface area contributed by atoms with Crippen LogP contribution in [0.2, 0.25) is 10.0 Å². The van der Waals surface area contributed by atoms with E-state index < -0.39 is 11.5 Å². The number of hydrogen-bond acceptors (Lipinski definition) is 5. The maximum absolute atomic E-state index is 12.3. The van der Waals surface area contributed by atoms with E-state index in [4.69, 9.17) is 23.2 Å². The van der Waals surface area contributed by atoms with Crippen LogP contribution in [0.15, 0.2) is 34.1 Å². The number of thioether (sulfide) groups is 1. The number of hydrogen-bond donors (Lipinski definition) is 2. The first kappa shape index (κ1) is 20.3. The highest BCUT2D eigenvalue weighted by Gasteiger charge is 2.14. The van der Waals surface area contributed by atoms with E-state index in [9.17, 15) is 14.4 Å². The van der Waals surface area contributed by atoms with Gasteiger partial charge in [-0.1, -0.05) is 29.3 Å². The SMILES string of the molecule is CNC(=O)CSc1cnn(CC(=O)Nc2cccc(Cl)c2C)c(=O)c1Cl. The first-order valence-corrected chi connectivity index (χ1v) is 9.21. The Bertz CT molecular complexity index is 902. The molecule has 0 saturated carbocycles. The summed E-state index contributed by atoms with van der Waals surface area (Å²) in [6.45, 7) is 1.47.